The Kier molecular flexibility index (Phi) is 4.55. The summed E-state index contributed by atoms with van der Waals surface area (Å²) in [6, 6.07) is 1.33. The topological polar surface area (TPSA) is 82.8 Å². The van der Waals surface area contributed by atoms with E-state index < -0.39 is 5.97 Å². The van der Waals surface area contributed by atoms with Crippen LogP contribution in [0.1, 0.15) is 42.1 Å². The summed E-state index contributed by atoms with van der Waals surface area (Å²) < 4.78 is 5.34. The van der Waals surface area contributed by atoms with Crippen molar-refractivity contribution < 1.29 is 19.1 Å². The number of urea groups is 1. The lowest BCUT2D eigenvalue weighted by Crippen LogP contribution is -2.46. The van der Waals surface area contributed by atoms with Gasteiger partial charge in [0, 0.05) is 13.1 Å². The molecule has 1 aromatic rings. The molecule has 2 atom stereocenters. The first-order valence-corrected chi connectivity index (χ1v) is 7.24. The van der Waals surface area contributed by atoms with Crippen LogP contribution in [0.4, 0.5) is 4.79 Å². The van der Waals surface area contributed by atoms with Crippen molar-refractivity contribution in [1.82, 2.24) is 10.2 Å². The standard InChI is InChI=1S/C15H22N2O4/c1-9-4-5-17(8-10(9)2)15(20)16-7-12-6-13(14(18)19)11(3)21-12/h6,9-10H,4-5,7-8H2,1-3H3,(H,16,20)(H,18,19). The molecular weight excluding hydrogens is 272 g/mol. The monoisotopic (exact) mass is 294 g/mol. The van der Waals surface area contributed by atoms with E-state index in [1.807, 2.05) is 0 Å². The molecule has 1 fully saturated rings. The van der Waals surface area contributed by atoms with E-state index in [9.17, 15) is 9.59 Å². The quantitative estimate of drug-likeness (QED) is 0.897. The van der Waals surface area contributed by atoms with Crippen molar-refractivity contribution in [2.45, 2.75) is 33.7 Å². The summed E-state index contributed by atoms with van der Waals surface area (Å²) in [4.78, 5) is 24.8. The van der Waals surface area contributed by atoms with Crippen LogP contribution in [0.2, 0.25) is 0 Å². The maximum atomic E-state index is 12.1. The average Bonchev–Trinajstić information content (AvgIpc) is 2.80. The summed E-state index contributed by atoms with van der Waals surface area (Å²) in [6.07, 6.45) is 1.01. The number of likely N-dealkylation sites (tertiary alicyclic amines) is 1. The Morgan fingerprint density at radius 2 is 2.14 bits per heavy atom. The number of aromatic carboxylic acids is 1. The average molecular weight is 294 g/mol. The van der Waals surface area contributed by atoms with Crippen LogP contribution >= 0.6 is 0 Å². The molecule has 0 spiro atoms. The molecule has 21 heavy (non-hydrogen) atoms. The zero-order chi connectivity index (χ0) is 15.6. The molecule has 0 bridgehead atoms. The number of hydrogen-bond donors (Lipinski definition) is 2. The predicted molar refractivity (Wildman–Crippen MR) is 77.2 cm³/mol. The highest BCUT2D eigenvalue weighted by atomic mass is 16.4. The molecular formula is C15H22N2O4. The molecule has 6 nitrogen and oxygen atoms in total. The molecule has 0 aromatic carbocycles. The maximum absolute atomic E-state index is 12.1. The van der Waals surface area contributed by atoms with Gasteiger partial charge in [-0.05, 0) is 31.2 Å². The minimum atomic E-state index is -1.02. The number of furan rings is 1. The van der Waals surface area contributed by atoms with Crippen LogP contribution in [0, 0.1) is 18.8 Å². The summed E-state index contributed by atoms with van der Waals surface area (Å²) in [5.41, 5.74) is 0.139. The van der Waals surface area contributed by atoms with Crippen molar-refractivity contribution in [1.29, 1.82) is 0 Å². The van der Waals surface area contributed by atoms with Crippen LogP contribution in [0.25, 0.3) is 0 Å². The molecule has 2 unspecified atom stereocenters. The van der Waals surface area contributed by atoms with Crippen LogP contribution in [0.5, 0.6) is 0 Å². The fourth-order valence-corrected chi connectivity index (χ4v) is 2.56. The maximum Gasteiger partial charge on any atom is 0.339 e. The molecule has 6 heteroatoms. The van der Waals surface area contributed by atoms with Crippen LogP contribution in [-0.4, -0.2) is 35.1 Å². The highest BCUT2D eigenvalue weighted by Crippen LogP contribution is 2.22. The number of nitrogens with one attached hydrogen (secondary N) is 1. The van der Waals surface area contributed by atoms with Crippen molar-refractivity contribution in [3.8, 4) is 0 Å². The second-order valence-corrected chi connectivity index (χ2v) is 5.84. The van der Waals surface area contributed by atoms with E-state index in [0.717, 1.165) is 19.5 Å². The molecule has 0 aliphatic carbocycles. The third kappa shape index (κ3) is 3.56. The second-order valence-electron chi connectivity index (χ2n) is 5.84. The van der Waals surface area contributed by atoms with Gasteiger partial charge >= 0.3 is 12.0 Å². The number of piperidine rings is 1. The van der Waals surface area contributed by atoms with Gasteiger partial charge < -0.3 is 19.7 Å². The minimum absolute atomic E-state index is 0.125. The van der Waals surface area contributed by atoms with Gasteiger partial charge in [0.05, 0.1) is 6.54 Å². The van der Waals surface area contributed by atoms with E-state index in [-0.39, 0.29) is 18.1 Å². The van der Waals surface area contributed by atoms with Crippen molar-refractivity contribution in [2.75, 3.05) is 13.1 Å². The van der Waals surface area contributed by atoms with E-state index in [1.54, 1.807) is 11.8 Å². The highest BCUT2D eigenvalue weighted by molar-refractivity contribution is 5.88. The molecule has 1 aliphatic rings. The van der Waals surface area contributed by atoms with Gasteiger partial charge in [-0.25, -0.2) is 9.59 Å². The number of carbonyl (C=O) groups excluding carboxylic acids is 1. The highest BCUT2D eigenvalue weighted by Gasteiger charge is 2.25. The minimum Gasteiger partial charge on any atom is -0.478 e. The zero-order valence-electron chi connectivity index (χ0n) is 12.7. The van der Waals surface area contributed by atoms with E-state index in [4.69, 9.17) is 9.52 Å². The smallest absolute Gasteiger partial charge is 0.339 e. The summed E-state index contributed by atoms with van der Waals surface area (Å²) >= 11 is 0. The van der Waals surface area contributed by atoms with E-state index in [1.165, 1.54) is 6.07 Å². The zero-order valence-corrected chi connectivity index (χ0v) is 12.7. The van der Waals surface area contributed by atoms with Gasteiger partial charge in [0.15, 0.2) is 0 Å². The van der Waals surface area contributed by atoms with Crippen molar-refractivity contribution in [2.24, 2.45) is 11.8 Å². The number of rotatable bonds is 3. The number of hydrogen-bond acceptors (Lipinski definition) is 3. The van der Waals surface area contributed by atoms with Gasteiger partial charge in [0.1, 0.15) is 17.1 Å². The lowest BCUT2D eigenvalue weighted by molar-refractivity contribution is 0.0695. The van der Waals surface area contributed by atoms with E-state index >= 15 is 0 Å². The molecule has 2 amide bonds. The number of aryl methyl sites for hydroxylation is 1. The van der Waals surface area contributed by atoms with E-state index in [0.29, 0.717) is 23.4 Å². The largest absolute Gasteiger partial charge is 0.478 e. The van der Waals surface area contributed by atoms with Gasteiger partial charge in [-0.3, -0.25) is 0 Å². The molecule has 1 saturated heterocycles. The third-order valence-corrected chi connectivity index (χ3v) is 4.23. The predicted octanol–water partition coefficient (Wildman–Crippen LogP) is 2.47. The Morgan fingerprint density at radius 3 is 2.71 bits per heavy atom. The second kappa shape index (κ2) is 6.20. The number of carbonyl (C=O) groups is 2. The summed E-state index contributed by atoms with van der Waals surface area (Å²) in [5, 5.41) is 11.7. The Balaban J connectivity index is 1.89. The molecule has 116 valence electrons. The Morgan fingerprint density at radius 1 is 1.43 bits per heavy atom. The number of carboxylic acid groups (broad SMARTS) is 1. The Labute approximate surface area is 124 Å². The molecule has 2 N–H and O–H groups in total. The Hall–Kier alpha value is -1.98. The fourth-order valence-electron chi connectivity index (χ4n) is 2.56. The summed E-state index contributed by atoms with van der Waals surface area (Å²) in [7, 11) is 0. The molecule has 1 aromatic heterocycles. The SMILES string of the molecule is Cc1oc(CNC(=O)N2CCC(C)C(C)C2)cc1C(=O)O. The van der Waals surface area contributed by atoms with Crippen molar-refractivity contribution in [3.05, 3.63) is 23.2 Å². The van der Waals surface area contributed by atoms with Crippen LogP contribution in [-0.2, 0) is 6.54 Å². The van der Waals surface area contributed by atoms with E-state index in [2.05, 4.69) is 19.2 Å². The van der Waals surface area contributed by atoms with Crippen LogP contribution in [0.3, 0.4) is 0 Å². The lowest BCUT2D eigenvalue weighted by atomic mass is 9.89. The van der Waals surface area contributed by atoms with Crippen molar-refractivity contribution >= 4 is 12.0 Å². The van der Waals surface area contributed by atoms with Gasteiger partial charge in [0.25, 0.3) is 0 Å². The molecule has 0 radical (unpaired) electrons. The number of amides is 2. The first-order valence-electron chi connectivity index (χ1n) is 7.24. The number of carboxylic acids is 1. The van der Waals surface area contributed by atoms with Gasteiger partial charge in [-0.2, -0.15) is 0 Å². The molecule has 1 aliphatic heterocycles. The Bertz CT molecular complexity index is 538. The van der Waals surface area contributed by atoms with Gasteiger partial charge in [-0.15, -0.1) is 0 Å². The lowest BCUT2D eigenvalue weighted by Gasteiger charge is -2.35. The van der Waals surface area contributed by atoms with Gasteiger partial charge in [-0.1, -0.05) is 13.8 Å². The number of nitrogens with zero attached hydrogens (tertiary/aromatic N) is 1. The van der Waals surface area contributed by atoms with Gasteiger partial charge in [0.2, 0.25) is 0 Å². The normalized spacial score (nSPS) is 22.1. The van der Waals surface area contributed by atoms with Crippen molar-refractivity contribution in [3.63, 3.8) is 0 Å². The third-order valence-electron chi connectivity index (χ3n) is 4.23. The van der Waals surface area contributed by atoms with Crippen LogP contribution in [0.15, 0.2) is 10.5 Å². The first kappa shape index (κ1) is 15.4. The van der Waals surface area contributed by atoms with Crippen LogP contribution < -0.4 is 5.32 Å². The summed E-state index contributed by atoms with van der Waals surface area (Å²) in [5.74, 6) is 0.922. The molecule has 2 heterocycles. The first-order chi connectivity index (χ1) is 9.88. The molecule has 2 rings (SSSR count). The fraction of sp³-hybridized carbons (Fsp3) is 0.600. The molecule has 0 saturated carbocycles. The summed E-state index contributed by atoms with van der Waals surface area (Å²) in [6.45, 7) is 7.67.